The zero-order chi connectivity index (χ0) is 36.3. The largest absolute Gasteiger partial charge is 0.345 e. The predicted molar refractivity (Wildman–Crippen MR) is 199 cm³/mol. The smallest absolute Gasteiger partial charge is 0.242 e. The molecule has 9 nitrogen and oxygen atoms in total. The molecule has 0 aliphatic rings. The fourth-order valence-corrected chi connectivity index (χ4v) is 6.07. The van der Waals surface area contributed by atoms with E-state index in [9.17, 15) is 9.59 Å². The molecule has 9 heteroatoms. The molecule has 0 aliphatic heterocycles. The molecule has 49 heavy (non-hydrogen) atoms. The van der Waals surface area contributed by atoms with Gasteiger partial charge in [-0.15, -0.1) is 0 Å². The van der Waals surface area contributed by atoms with E-state index in [1.54, 1.807) is 0 Å². The van der Waals surface area contributed by atoms with Gasteiger partial charge in [0.1, 0.15) is 17.7 Å². The first-order valence-electron chi connectivity index (χ1n) is 17.0. The number of H-pyrrole nitrogens is 2. The van der Waals surface area contributed by atoms with Gasteiger partial charge < -0.3 is 15.3 Å². The van der Waals surface area contributed by atoms with Crippen molar-refractivity contribution < 1.29 is 9.59 Å². The molecule has 2 amide bonds. The van der Waals surface area contributed by atoms with Crippen molar-refractivity contribution in [2.24, 2.45) is 27.5 Å². The molecule has 0 saturated carbocycles. The van der Waals surface area contributed by atoms with Gasteiger partial charge in [0.25, 0.3) is 0 Å². The number of hydrogen-bond donors (Lipinski definition) is 4. The van der Waals surface area contributed by atoms with Gasteiger partial charge in [-0.3, -0.25) is 14.6 Å². The first kappa shape index (κ1) is 35.8. The topological polar surface area (TPSA) is 133 Å². The van der Waals surface area contributed by atoms with Crippen LogP contribution in [0.4, 0.5) is 0 Å². The molecule has 0 unspecified atom stereocenters. The van der Waals surface area contributed by atoms with Crippen molar-refractivity contribution in [1.82, 2.24) is 30.3 Å². The van der Waals surface area contributed by atoms with Gasteiger partial charge in [-0.25, -0.2) is 15.8 Å². The number of aromatic amines is 2. The molecule has 0 fully saturated rings. The molecule has 0 spiro atoms. The second-order valence-corrected chi connectivity index (χ2v) is 17.6. The fourth-order valence-electron chi connectivity index (χ4n) is 6.07. The number of nitrogens with one attached hydrogen (secondary N) is 3. The molecule has 5 N–H and O–H groups in total. The number of amides is 2. The second-order valence-electron chi connectivity index (χ2n) is 17.6. The van der Waals surface area contributed by atoms with E-state index >= 15 is 0 Å². The van der Waals surface area contributed by atoms with E-state index in [4.69, 9.17) is 15.8 Å². The van der Waals surface area contributed by atoms with Crippen molar-refractivity contribution in [3.63, 3.8) is 0 Å². The zero-order valence-electron chi connectivity index (χ0n) is 31.2. The third-order valence-electron chi connectivity index (χ3n) is 8.91. The lowest BCUT2D eigenvalue weighted by molar-refractivity contribution is -0.145. The summed E-state index contributed by atoms with van der Waals surface area (Å²) in [5, 5.41) is 6.77. The highest BCUT2D eigenvalue weighted by Crippen LogP contribution is 2.39. The second kappa shape index (κ2) is 12.4. The number of nitrogens with zero attached hydrogens (tertiary/aromatic N) is 3. The molecule has 0 aliphatic carbocycles. The van der Waals surface area contributed by atoms with Crippen molar-refractivity contribution in [1.29, 1.82) is 0 Å². The summed E-state index contributed by atoms with van der Waals surface area (Å²) >= 11 is 0. The number of benzene rings is 3. The molecule has 2 atom stereocenters. The van der Waals surface area contributed by atoms with Gasteiger partial charge in [0.2, 0.25) is 11.8 Å². The van der Waals surface area contributed by atoms with E-state index in [-0.39, 0.29) is 28.7 Å². The number of fused-ring (bicyclic) bond motifs is 2. The molecular weight excluding hydrogens is 610 g/mol. The molecule has 5 aromatic rings. The molecule has 0 radical (unpaired) electrons. The van der Waals surface area contributed by atoms with Gasteiger partial charge in [0.05, 0.1) is 29.0 Å². The summed E-state index contributed by atoms with van der Waals surface area (Å²) in [6.45, 7) is 23.9. The van der Waals surface area contributed by atoms with Crippen LogP contribution in [0.1, 0.15) is 107 Å². The van der Waals surface area contributed by atoms with Crippen LogP contribution in [0.5, 0.6) is 0 Å². The molecule has 3 aromatic carbocycles. The van der Waals surface area contributed by atoms with Gasteiger partial charge in [-0.1, -0.05) is 113 Å². The Morgan fingerprint density at radius 3 is 1.86 bits per heavy atom. The maximum atomic E-state index is 13.2. The molecule has 5 rings (SSSR count). The van der Waals surface area contributed by atoms with Crippen LogP contribution < -0.4 is 11.2 Å². The Bertz CT molecular complexity index is 2010. The Kier molecular flexibility index (Phi) is 9.08. The molecule has 0 saturated heterocycles. The maximum absolute atomic E-state index is 13.2. The molecule has 0 bridgehead atoms. The first-order valence-corrected chi connectivity index (χ1v) is 17.0. The van der Waals surface area contributed by atoms with Crippen LogP contribution in [-0.2, 0) is 9.59 Å². The SMILES string of the molecule is CC(C)(C)C(=O)N[C@H](c1ncc(-c2ccc3cc(-c4ccc5nc([C@@H](N(N)C(=O)C(C)(C)C)C(C)(C)C)[nH]c5c4)ccc3c2)[nH]1)C(C)(C)C. The highest BCUT2D eigenvalue weighted by atomic mass is 16.2. The van der Waals surface area contributed by atoms with Gasteiger partial charge in [0.15, 0.2) is 0 Å². The Morgan fingerprint density at radius 2 is 1.29 bits per heavy atom. The first-order chi connectivity index (χ1) is 22.5. The predicted octanol–water partition coefficient (Wildman–Crippen LogP) is 8.86. The molecular formula is C40H53N7O2. The van der Waals surface area contributed by atoms with Crippen LogP contribution in [0.15, 0.2) is 60.8 Å². The minimum absolute atomic E-state index is 0.0112. The average molecular weight is 664 g/mol. The fraction of sp³-hybridized carbons (Fsp3) is 0.450. The summed E-state index contributed by atoms with van der Waals surface area (Å²) in [7, 11) is 0. The third kappa shape index (κ3) is 7.57. The van der Waals surface area contributed by atoms with Crippen molar-refractivity contribution in [2.45, 2.75) is 95.2 Å². The lowest BCUT2D eigenvalue weighted by Gasteiger charge is -2.38. The monoisotopic (exact) mass is 663 g/mol. The number of rotatable bonds is 6. The summed E-state index contributed by atoms with van der Waals surface area (Å²) in [6, 6.07) is 18.3. The van der Waals surface area contributed by atoms with Crippen LogP contribution in [-0.4, -0.2) is 36.8 Å². The maximum Gasteiger partial charge on any atom is 0.242 e. The summed E-state index contributed by atoms with van der Waals surface area (Å²) < 4.78 is 0. The minimum Gasteiger partial charge on any atom is -0.345 e. The average Bonchev–Trinajstić information content (AvgIpc) is 3.63. The summed E-state index contributed by atoms with van der Waals surface area (Å²) in [6.07, 6.45) is 1.84. The van der Waals surface area contributed by atoms with Gasteiger partial charge >= 0.3 is 0 Å². The number of carbonyl (C=O) groups is 2. The van der Waals surface area contributed by atoms with Crippen molar-refractivity contribution >= 4 is 33.6 Å². The van der Waals surface area contributed by atoms with Crippen LogP contribution in [0.25, 0.3) is 44.2 Å². The molecule has 2 heterocycles. The summed E-state index contributed by atoms with van der Waals surface area (Å²) in [5.74, 6) is 7.73. The van der Waals surface area contributed by atoms with E-state index < -0.39 is 16.9 Å². The van der Waals surface area contributed by atoms with Crippen LogP contribution in [0.3, 0.4) is 0 Å². The Labute approximate surface area is 290 Å². The van der Waals surface area contributed by atoms with Gasteiger partial charge in [0, 0.05) is 16.4 Å². The lowest BCUT2D eigenvalue weighted by Crippen LogP contribution is -2.50. The number of carbonyl (C=O) groups excluding carboxylic acids is 2. The van der Waals surface area contributed by atoms with Crippen LogP contribution in [0, 0.1) is 21.7 Å². The van der Waals surface area contributed by atoms with E-state index in [1.165, 1.54) is 5.01 Å². The molecule has 2 aromatic heterocycles. The number of hydrazine groups is 1. The van der Waals surface area contributed by atoms with E-state index in [0.717, 1.165) is 50.0 Å². The standard InChI is InChI=1S/C40H53N7O2/c1-37(2,3)31(46-35(48)39(7,8)9)33-42-22-30(45-33)27-16-15-23-19-24(13-14-25(23)20-27)26-17-18-28-29(21-26)44-34(43-28)32(38(4,5)6)47(41)36(49)40(10,11)12/h13-22,31-32H,41H2,1-12H3,(H,42,45)(H,43,44)(H,46,48)/t31-,32-/m1/s1. The summed E-state index contributed by atoms with van der Waals surface area (Å²) in [5.41, 5.74) is 4.06. The number of imidazole rings is 2. The van der Waals surface area contributed by atoms with Crippen LogP contribution in [0.2, 0.25) is 0 Å². The number of nitrogens with two attached hydrogens (primary N) is 1. The van der Waals surface area contributed by atoms with Gasteiger partial charge in [-0.2, -0.15) is 0 Å². The Morgan fingerprint density at radius 1 is 0.714 bits per heavy atom. The third-order valence-corrected chi connectivity index (χ3v) is 8.91. The Hall–Kier alpha value is -4.50. The quantitative estimate of drug-likeness (QED) is 0.0818. The van der Waals surface area contributed by atoms with E-state index in [0.29, 0.717) is 5.82 Å². The van der Waals surface area contributed by atoms with E-state index in [1.807, 2.05) is 53.8 Å². The highest BCUT2D eigenvalue weighted by Gasteiger charge is 2.39. The lowest BCUT2D eigenvalue weighted by atomic mass is 9.84. The van der Waals surface area contributed by atoms with Crippen molar-refractivity contribution in [2.75, 3.05) is 0 Å². The minimum atomic E-state index is -0.615. The number of hydrogen-bond acceptors (Lipinski definition) is 5. The highest BCUT2D eigenvalue weighted by molar-refractivity contribution is 5.92. The number of aromatic nitrogens is 4. The van der Waals surface area contributed by atoms with Crippen LogP contribution >= 0.6 is 0 Å². The molecule has 260 valence electrons. The normalized spacial score (nSPS) is 14.2. The Balaban J connectivity index is 1.42. The van der Waals surface area contributed by atoms with Crippen molar-refractivity contribution in [3.05, 3.63) is 72.4 Å². The van der Waals surface area contributed by atoms with E-state index in [2.05, 4.69) is 105 Å². The zero-order valence-corrected chi connectivity index (χ0v) is 31.2. The van der Waals surface area contributed by atoms with Gasteiger partial charge in [-0.05, 0) is 57.0 Å². The summed E-state index contributed by atoms with van der Waals surface area (Å²) in [4.78, 5) is 42.6. The van der Waals surface area contributed by atoms with Crippen molar-refractivity contribution in [3.8, 4) is 22.4 Å².